The largest absolute Gasteiger partial charge is 0.497 e. The number of hydrogen-bond donors (Lipinski definition) is 3. The zero-order valence-electron chi connectivity index (χ0n) is 23.5. The smallest absolute Gasteiger partial charge is 0.339 e. The predicted octanol–water partition coefficient (Wildman–Crippen LogP) is 5.62. The van der Waals surface area contributed by atoms with Gasteiger partial charge in [-0.25, -0.2) is 4.79 Å². The van der Waals surface area contributed by atoms with E-state index in [0.717, 1.165) is 4.90 Å². The van der Waals surface area contributed by atoms with Gasteiger partial charge >= 0.3 is 5.97 Å². The molecule has 3 N–H and O–H groups in total. The summed E-state index contributed by atoms with van der Waals surface area (Å²) in [5.41, 5.74) is 2.17. The molecule has 0 saturated heterocycles. The average Bonchev–Trinajstić information content (AvgIpc) is 3.04. The van der Waals surface area contributed by atoms with E-state index in [-0.39, 0.29) is 22.9 Å². The highest BCUT2D eigenvalue weighted by Crippen LogP contribution is 2.24. The Morgan fingerprint density at radius 3 is 2.30 bits per heavy atom. The van der Waals surface area contributed by atoms with Crippen molar-refractivity contribution >= 4 is 52.9 Å². The maximum absolute atomic E-state index is 13.4. The second kappa shape index (κ2) is 15.0. The number of hydrogen-bond acceptors (Lipinski definition) is 7. The van der Waals surface area contributed by atoms with Crippen LogP contribution in [0.15, 0.2) is 114 Å². The van der Waals surface area contributed by atoms with Crippen LogP contribution < -0.4 is 20.7 Å². The van der Waals surface area contributed by atoms with Gasteiger partial charge in [-0.2, -0.15) is 0 Å². The Morgan fingerprint density at radius 2 is 1.53 bits per heavy atom. The zero-order valence-corrected chi connectivity index (χ0v) is 24.3. The molecule has 0 saturated carbocycles. The zero-order chi connectivity index (χ0) is 30.6. The van der Waals surface area contributed by atoms with Crippen LogP contribution in [0.2, 0.25) is 0 Å². The number of anilines is 2. The third-order valence-corrected chi connectivity index (χ3v) is 7.00. The van der Waals surface area contributed by atoms with Crippen LogP contribution in [-0.4, -0.2) is 43.7 Å². The Kier molecular flexibility index (Phi) is 10.7. The molecule has 43 heavy (non-hydrogen) atoms. The maximum Gasteiger partial charge on any atom is 0.339 e. The highest BCUT2D eigenvalue weighted by atomic mass is 32.2. The molecule has 0 bridgehead atoms. The molecule has 0 aromatic heterocycles. The van der Waals surface area contributed by atoms with Crippen LogP contribution >= 0.6 is 11.8 Å². The van der Waals surface area contributed by atoms with Gasteiger partial charge in [0.25, 0.3) is 11.8 Å². The number of esters is 1. The summed E-state index contributed by atoms with van der Waals surface area (Å²) in [6, 6.07) is 29.2. The summed E-state index contributed by atoms with van der Waals surface area (Å²) in [6.07, 6.45) is 1.56. The van der Waals surface area contributed by atoms with Gasteiger partial charge < -0.3 is 25.4 Å². The topological polar surface area (TPSA) is 123 Å². The highest BCUT2D eigenvalue weighted by molar-refractivity contribution is 8.00. The Bertz CT molecular complexity index is 1660. The van der Waals surface area contributed by atoms with Crippen molar-refractivity contribution < 1.29 is 28.7 Å². The minimum absolute atomic E-state index is 0.0313. The van der Waals surface area contributed by atoms with E-state index in [1.165, 1.54) is 18.9 Å². The monoisotopic (exact) mass is 595 g/mol. The van der Waals surface area contributed by atoms with Crippen LogP contribution in [0.1, 0.15) is 26.3 Å². The first kappa shape index (κ1) is 30.6. The molecule has 10 heteroatoms. The SMILES string of the molecule is COC(=O)c1ccccc1NC(=O)CSc1cccc(NC(=O)/C(=C\c2cccc(OC)c2)NC(=O)c2ccccc2)c1. The molecule has 0 fully saturated rings. The van der Waals surface area contributed by atoms with Crippen molar-refractivity contribution in [1.29, 1.82) is 0 Å². The number of amides is 3. The molecule has 218 valence electrons. The first-order valence-electron chi connectivity index (χ1n) is 13.1. The fourth-order valence-corrected chi connectivity index (χ4v) is 4.67. The standard InChI is InChI=1S/C33H29N3O6S/c1-41-25-14-8-10-22(18-25)19-29(36-31(38)23-11-4-3-5-12-23)32(39)34-24-13-9-15-26(20-24)43-21-30(37)35-28-17-7-6-16-27(28)33(40)42-2/h3-20H,21H2,1-2H3,(H,34,39)(H,35,37)(H,36,38)/b29-19+. The molecule has 4 rings (SSSR count). The van der Waals surface area contributed by atoms with E-state index in [2.05, 4.69) is 16.0 Å². The van der Waals surface area contributed by atoms with Gasteiger partial charge in [0.05, 0.1) is 31.2 Å². The number of nitrogens with one attached hydrogen (secondary N) is 3. The number of carbonyl (C=O) groups is 4. The van der Waals surface area contributed by atoms with Gasteiger partial charge in [0.2, 0.25) is 5.91 Å². The van der Waals surface area contributed by atoms with Crippen molar-refractivity contribution in [2.24, 2.45) is 0 Å². The summed E-state index contributed by atoms with van der Waals surface area (Å²) in [5, 5.41) is 8.27. The number of rotatable bonds is 11. The van der Waals surface area contributed by atoms with Crippen LogP contribution in [0.3, 0.4) is 0 Å². The molecule has 0 aliphatic carbocycles. The number of para-hydroxylation sites is 1. The molecule has 0 spiro atoms. The molecule has 0 aliphatic rings. The van der Waals surface area contributed by atoms with Crippen LogP contribution in [0, 0.1) is 0 Å². The number of ether oxygens (including phenoxy) is 2. The molecule has 4 aromatic rings. The van der Waals surface area contributed by atoms with Crippen molar-refractivity contribution in [2.75, 3.05) is 30.6 Å². The number of thioether (sulfide) groups is 1. The molecular formula is C33H29N3O6S. The summed E-state index contributed by atoms with van der Waals surface area (Å²) in [4.78, 5) is 51.6. The first-order valence-corrected chi connectivity index (χ1v) is 14.1. The highest BCUT2D eigenvalue weighted by Gasteiger charge is 2.16. The molecule has 0 radical (unpaired) electrons. The minimum atomic E-state index is -0.549. The van der Waals surface area contributed by atoms with Gasteiger partial charge in [0.15, 0.2) is 0 Å². The molecule has 0 heterocycles. The van der Waals surface area contributed by atoms with E-state index >= 15 is 0 Å². The fraction of sp³-hybridized carbons (Fsp3) is 0.0909. The normalized spacial score (nSPS) is 10.8. The van der Waals surface area contributed by atoms with Gasteiger partial charge in [-0.15, -0.1) is 11.8 Å². The quantitative estimate of drug-likeness (QED) is 0.117. The molecular weight excluding hydrogens is 566 g/mol. The molecule has 4 aromatic carbocycles. The van der Waals surface area contributed by atoms with Crippen LogP contribution in [0.25, 0.3) is 6.08 Å². The van der Waals surface area contributed by atoms with Crippen molar-refractivity contribution in [2.45, 2.75) is 4.90 Å². The predicted molar refractivity (Wildman–Crippen MR) is 167 cm³/mol. The van der Waals surface area contributed by atoms with Crippen molar-refractivity contribution in [3.63, 3.8) is 0 Å². The second-order valence-electron chi connectivity index (χ2n) is 9.01. The van der Waals surface area contributed by atoms with Gasteiger partial charge in [-0.1, -0.05) is 48.5 Å². The van der Waals surface area contributed by atoms with Crippen LogP contribution in [0.4, 0.5) is 11.4 Å². The van der Waals surface area contributed by atoms with Gasteiger partial charge in [0, 0.05) is 16.1 Å². The van der Waals surface area contributed by atoms with Crippen LogP contribution in [0.5, 0.6) is 5.75 Å². The van der Waals surface area contributed by atoms with Crippen molar-refractivity contribution in [3.05, 3.63) is 126 Å². The third kappa shape index (κ3) is 8.82. The number of carbonyl (C=O) groups excluding carboxylic acids is 4. The van der Waals surface area contributed by atoms with E-state index in [9.17, 15) is 19.2 Å². The lowest BCUT2D eigenvalue weighted by atomic mass is 10.1. The molecule has 9 nitrogen and oxygen atoms in total. The summed E-state index contributed by atoms with van der Waals surface area (Å²) >= 11 is 1.25. The summed E-state index contributed by atoms with van der Waals surface area (Å²) in [6.45, 7) is 0. The maximum atomic E-state index is 13.4. The number of methoxy groups -OCH3 is 2. The Labute approximate surface area is 253 Å². The Morgan fingerprint density at radius 1 is 0.791 bits per heavy atom. The van der Waals surface area contributed by atoms with E-state index in [0.29, 0.717) is 28.3 Å². The average molecular weight is 596 g/mol. The second-order valence-corrected chi connectivity index (χ2v) is 10.1. The summed E-state index contributed by atoms with van der Waals surface area (Å²) in [5.74, 6) is -1.18. The van der Waals surface area contributed by atoms with Crippen molar-refractivity contribution in [3.8, 4) is 5.75 Å². The number of benzene rings is 4. The van der Waals surface area contributed by atoms with Gasteiger partial charge in [-0.3, -0.25) is 14.4 Å². The lowest BCUT2D eigenvalue weighted by Gasteiger charge is -2.13. The minimum Gasteiger partial charge on any atom is -0.497 e. The van der Waals surface area contributed by atoms with Gasteiger partial charge in [-0.05, 0) is 66.2 Å². The first-order chi connectivity index (χ1) is 20.9. The molecule has 0 unspecified atom stereocenters. The molecule has 3 amide bonds. The van der Waals surface area contributed by atoms with Crippen LogP contribution in [-0.2, 0) is 14.3 Å². The molecule has 0 aliphatic heterocycles. The fourth-order valence-electron chi connectivity index (χ4n) is 3.92. The summed E-state index contributed by atoms with van der Waals surface area (Å²) in [7, 11) is 2.82. The third-order valence-electron chi connectivity index (χ3n) is 6.00. The van der Waals surface area contributed by atoms with Gasteiger partial charge in [0.1, 0.15) is 11.4 Å². The van der Waals surface area contributed by atoms with E-state index in [1.807, 2.05) is 0 Å². The van der Waals surface area contributed by atoms with E-state index < -0.39 is 17.8 Å². The summed E-state index contributed by atoms with van der Waals surface area (Å²) < 4.78 is 10.1. The van der Waals surface area contributed by atoms with E-state index in [1.54, 1.807) is 116 Å². The lowest BCUT2D eigenvalue weighted by molar-refractivity contribution is -0.114. The van der Waals surface area contributed by atoms with E-state index in [4.69, 9.17) is 9.47 Å². The molecule has 0 atom stereocenters. The lowest BCUT2D eigenvalue weighted by Crippen LogP contribution is -2.30. The Balaban J connectivity index is 1.46. The Hall–Kier alpha value is -5.35. The van der Waals surface area contributed by atoms with Crippen molar-refractivity contribution in [1.82, 2.24) is 5.32 Å².